The number of imidazole rings is 1. The first kappa shape index (κ1) is 17.1. The Balaban J connectivity index is 2.64. The van der Waals surface area contributed by atoms with Crippen molar-refractivity contribution in [1.82, 2.24) is 18.7 Å². The molecule has 11 heteroatoms. The van der Waals surface area contributed by atoms with Crippen molar-refractivity contribution < 1.29 is 18.0 Å². The van der Waals surface area contributed by atoms with Gasteiger partial charge in [-0.25, -0.2) is 10.8 Å². The van der Waals surface area contributed by atoms with Gasteiger partial charge in [-0.05, 0) is 18.9 Å². The Morgan fingerprint density at radius 3 is 2.52 bits per heavy atom. The van der Waals surface area contributed by atoms with Gasteiger partial charge in [0, 0.05) is 26.6 Å². The van der Waals surface area contributed by atoms with Crippen LogP contribution in [0.1, 0.15) is 24.7 Å². The van der Waals surface area contributed by atoms with E-state index in [1.165, 1.54) is 27.1 Å². The van der Waals surface area contributed by atoms with Gasteiger partial charge in [0.25, 0.3) is 5.91 Å². The summed E-state index contributed by atoms with van der Waals surface area (Å²) in [5, 5.41) is 2.40. The highest BCUT2D eigenvalue weighted by molar-refractivity contribution is 7.87. The molecule has 0 aromatic carbocycles. The molecule has 23 heavy (non-hydrogen) atoms. The molecule has 4 N–H and O–H groups in total. The third kappa shape index (κ3) is 3.11. The zero-order chi connectivity index (χ0) is 17.4. The number of carbonyl (C=O) groups excluding carboxylic acids is 2. The minimum Gasteiger partial charge on any atom is -0.295 e. The molecule has 10 nitrogen and oxygen atoms in total. The summed E-state index contributed by atoms with van der Waals surface area (Å²) in [7, 11) is -1.12. The molecule has 0 atom stereocenters. The molecule has 1 aromatic rings. The van der Waals surface area contributed by atoms with Crippen LogP contribution in [0.15, 0.2) is 5.57 Å². The third-order valence-corrected chi connectivity index (χ3v) is 5.08. The zero-order valence-corrected chi connectivity index (χ0v) is 13.8. The van der Waals surface area contributed by atoms with Gasteiger partial charge in [-0.2, -0.15) is 16.7 Å². The second-order valence-electron chi connectivity index (χ2n) is 5.15. The number of hydrazine groups is 1. The van der Waals surface area contributed by atoms with Crippen LogP contribution < -0.4 is 16.6 Å². The Hall–Kier alpha value is -2.24. The number of carbonyl (C=O) groups is 2. The highest BCUT2D eigenvalue weighted by Crippen LogP contribution is 2.28. The van der Waals surface area contributed by atoms with Crippen LogP contribution in [0.5, 0.6) is 0 Å². The van der Waals surface area contributed by atoms with E-state index >= 15 is 0 Å². The number of amides is 2. The van der Waals surface area contributed by atoms with Crippen LogP contribution >= 0.6 is 0 Å². The number of rotatable bonds is 4. The first-order valence-corrected chi connectivity index (χ1v) is 8.12. The maximum absolute atomic E-state index is 12.5. The highest BCUT2D eigenvalue weighted by Gasteiger charge is 2.30. The summed E-state index contributed by atoms with van der Waals surface area (Å²) in [4.78, 5) is 27.1. The van der Waals surface area contributed by atoms with Gasteiger partial charge >= 0.3 is 10.2 Å². The standard InChI is InChI=1S/C12H18N6O4S/c1-7(19)14-12-15-9-6-8(11(20)16-13)4-5-10(9)18(12)23(21,22)17(2)3/h6H,4-5,13H2,1-3H3,(H,16,20)(H,14,15,19). The minimum atomic E-state index is -3.88. The molecule has 0 radical (unpaired) electrons. The van der Waals surface area contributed by atoms with E-state index in [0.717, 1.165) is 8.28 Å². The van der Waals surface area contributed by atoms with Crippen molar-refractivity contribution in [3.05, 3.63) is 17.0 Å². The Morgan fingerprint density at radius 1 is 1.35 bits per heavy atom. The monoisotopic (exact) mass is 342 g/mol. The van der Waals surface area contributed by atoms with Crippen LogP contribution in [0.2, 0.25) is 0 Å². The molecular formula is C12H18N6O4S. The van der Waals surface area contributed by atoms with Crippen molar-refractivity contribution in [3.63, 3.8) is 0 Å². The fraction of sp³-hybridized carbons (Fsp3) is 0.417. The number of hydrogen-bond donors (Lipinski definition) is 3. The minimum absolute atomic E-state index is 0.109. The Labute approximate surface area is 133 Å². The van der Waals surface area contributed by atoms with Crippen molar-refractivity contribution >= 4 is 34.0 Å². The molecular weight excluding hydrogens is 324 g/mol. The lowest BCUT2D eigenvalue weighted by Crippen LogP contribution is -2.33. The molecule has 1 aliphatic carbocycles. The Morgan fingerprint density at radius 2 is 2.00 bits per heavy atom. The number of hydrogen-bond acceptors (Lipinski definition) is 6. The summed E-state index contributed by atoms with van der Waals surface area (Å²) in [6.45, 7) is 1.25. The van der Waals surface area contributed by atoms with Gasteiger partial charge in [-0.1, -0.05) is 0 Å². The van der Waals surface area contributed by atoms with Crippen LogP contribution in [0.4, 0.5) is 5.95 Å². The molecule has 0 saturated carbocycles. The topological polar surface area (TPSA) is 139 Å². The SMILES string of the molecule is CC(=O)Nc1nc2c(n1S(=O)(=O)N(C)C)CCC(C(=O)NN)=C2. The van der Waals surface area contributed by atoms with Gasteiger partial charge in [-0.3, -0.25) is 20.3 Å². The van der Waals surface area contributed by atoms with Crippen molar-refractivity contribution in [2.75, 3.05) is 19.4 Å². The fourth-order valence-corrected chi connectivity index (χ4v) is 3.31. The Kier molecular flexibility index (Phi) is 4.54. The quantitative estimate of drug-likeness (QED) is 0.357. The summed E-state index contributed by atoms with van der Waals surface area (Å²) < 4.78 is 27.0. The first-order chi connectivity index (χ1) is 10.7. The van der Waals surface area contributed by atoms with Crippen LogP contribution in [-0.2, 0) is 26.2 Å². The molecule has 2 amide bonds. The van der Waals surface area contributed by atoms with Crippen molar-refractivity contribution in [1.29, 1.82) is 0 Å². The largest absolute Gasteiger partial charge is 0.310 e. The molecule has 0 fully saturated rings. The second kappa shape index (κ2) is 6.10. The summed E-state index contributed by atoms with van der Waals surface area (Å²) in [5.74, 6) is 4.09. The molecule has 0 spiro atoms. The number of nitrogens with two attached hydrogens (primary N) is 1. The highest BCUT2D eigenvalue weighted by atomic mass is 32.2. The van der Waals surface area contributed by atoms with Crippen molar-refractivity contribution in [3.8, 4) is 0 Å². The number of fused-ring (bicyclic) bond motifs is 1. The number of aromatic nitrogens is 2. The Bertz CT molecular complexity index is 793. The van der Waals surface area contributed by atoms with Gasteiger partial charge < -0.3 is 0 Å². The predicted molar refractivity (Wildman–Crippen MR) is 83.2 cm³/mol. The number of anilines is 1. The second-order valence-corrected chi connectivity index (χ2v) is 7.14. The van der Waals surface area contributed by atoms with E-state index in [1.807, 2.05) is 5.43 Å². The molecule has 1 heterocycles. The molecule has 0 bridgehead atoms. The normalized spacial score (nSPS) is 14.2. The number of nitrogens with zero attached hydrogens (tertiary/aromatic N) is 3. The van der Waals surface area contributed by atoms with E-state index in [-0.39, 0.29) is 12.4 Å². The smallest absolute Gasteiger partial charge is 0.295 e. The van der Waals surface area contributed by atoms with Gasteiger partial charge in [-0.15, -0.1) is 0 Å². The van der Waals surface area contributed by atoms with E-state index in [1.54, 1.807) is 0 Å². The van der Waals surface area contributed by atoms with Crippen molar-refractivity contribution in [2.45, 2.75) is 19.8 Å². The first-order valence-electron chi connectivity index (χ1n) is 6.72. The maximum Gasteiger partial charge on any atom is 0.310 e. The molecule has 0 aliphatic heterocycles. The summed E-state index contributed by atoms with van der Waals surface area (Å²) in [5.41, 5.74) is 3.13. The van der Waals surface area contributed by atoms with Gasteiger partial charge in [0.2, 0.25) is 11.9 Å². The van der Waals surface area contributed by atoms with Crippen LogP contribution in [0.25, 0.3) is 6.08 Å². The van der Waals surface area contributed by atoms with Crippen molar-refractivity contribution in [2.24, 2.45) is 5.84 Å². The van der Waals surface area contributed by atoms with E-state index in [4.69, 9.17) is 5.84 Å². The summed E-state index contributed by atoms with van der Waals surface area (Å²) >= 11 is 0. The summed E-state index contributed by atoms with van der Waals surface area (Å²) in [6.07, 6.45) is 2.05. The average molecular weight is 342 g/mol. The van der Waals surface area contributed by atoms with Crippen LogP contribution in [0, 0.1) is 0 Å². The van der Waals surface area contributed by atoms with Gasteiger partial charge in [0.15, 0.2) is 0 Å². The van der Waals surface area contributed by atoms with Crippen LogP contribution in [0.3, 0.4) is 0 Å². The lowest BCUT2D eigenvalue weighted by molar-refractivity contribution is -0.117. The molecule has 1 aromatic heterocycles. The lowest BCUT2D eigenvalue weighted by atomic mass is 10.00. The summed E-state index contributed by atoms with van der Waals surface area (Å²) in [6, 6.07) is 0. The van der Waals surface area contributed by atoms with Gasteiger partial charge in [0.1, 0.15) is 0 Å². The molecule has 126 valence electrons. The fourth-order valence-electron chi connectivity index (χ4n) is 2.21. The average Bonchev–Trinajstić information content (AvgIpc) is 2.82. The molecule has 0 unspecified atom stereocenters. The van der Waals surface area contributed by atoms with Crippen LogP contribution in [-0.4, -0.2) is 47.6 Å². The predicted octanol–water partition coefficient (Wildman–Crippen LogP) is -1.18. The third-order valence-electron chi connectivity index (χ3n) is 3.30. The lowest BCUT2D eigenvalue weighted by Gasteiger charge is -2.18. The molecule has 1 aliphatic rings. The molecule has 2 rings (SSSR count). The van der Waals surface area contributed by atoms with E-state index in [2.05, 4.69) is 10.3 Å². The van der Waals surface area contributed by atoms with E-state index < -0.39 is 22.0 Å². The zero-order valence-electron chi connectivity index (χ0n) is 13.0. The van der Waals surface area contributed by atoms with E-state index in [0.29, 0.717) is 23.4 Å². The van der Waals surface area contributed by atoms with Gasteiger partial charge in [0.05, 0.1) is 11.4 Å². The molecule has 0 saturated heterocycles. The van der Waals surface area contributed by atoms with E-state index in [9.17, 15) is 18.0 Å². The number of nitrogens with one attached hydrogen (secondary N) is 2. The maximum atomic E-state index is 12.5.